The van der Waals surface area contributed by atoms with E-state index in [0.717, 1.165) is 12.3 Å². The van der Waals surface area contributed by atoms with Crippen LogP contribution in [0, 0.1) is 6.92 Å². The van der Waals surface area contributed by atoms with Crippen LogP contribution in [0.25, 0.3) is 0 Å². The average Bonchev–Trinajstić information content (AvgIpc) is 2.48. The van der Waals surface area contributed by atoms with Crippen molar-refractivity contribution >= 4 is 19.2 Å². The molecule has 2 aromatic carbocycles. The highest BCUT2D eigenvalue weighted by atomic mass is 31.1. The fraction of sp³-hybridized carbons (Fsp3) is 0.333. The number of aryl methyl sites for hydroxylation is 1. The summed E-state index contributed by atoms with van der Waals surface area (Å²) in [5.74, 6) is 0.908. The molecule has 0 fully saturated rings. The number of hydrogen-bond donors (Lipinski definition) is 0. The molecule has 0 bridgehead atoms. The lowest BCUT2D eigenvalue weighted by molar-refractivity contribution is 0.0519. The monoisotopic (exact) mass is 317 g/mol. The molecule has 0 aliphatic carbocycles. The van der Waals surface area contributed by atoms with Crippen LogP contribution in [-0.2, 0) is 11.3 Å². The van der Waals surface area contributed by atoms with Crippen molar-refractivity contribution in [3.8, 4) is 5.75 Å². The molecule has 0 amide bonds. The largest absolute Gasteiger partial charge is 0.467 e. The van der Waals surface area contributed by atoms with Gasteiger partial charge in [-0.15, -0.1) is 0 Å². The molecule has 0 saturated carbocycles. The average molecular weight is 317 g/mol. The zero-order valence-electron chi connectivity index (χ0n) is 13.7. The van der Waals surface area contributed by atoms with E-state index in [-0.39, 0.29) is 6.79 Å². The van der Waals surface area contributed by atoms with Gasteiger partial charge >= 0.3 is 0 Å². The molecular weight excluding hydrogens is 293 g/mol. The number of ether oxygens (including phenoxy) is 2. The van der Waals surface area contributed by atoms with Gasteiger partial charge in [-0.1, -0.05) is 44.5 Å². The van der Waals surface area contributed by atoms with Crippen molar-refractivity contribution in [2.24, 2.45) is 0 Å². The zero-order valence-corrected chi connectivity index (χ0v) is 14.7. The minimum Gasteiger partial charge on any atom is -0.467 e. The number of benzene rings is 2. The third-order valence-electron chi connectivity index (χ3n) is 3.24. The molecule has 0 spiro atoms. The molecule has 3 nitrogen and oxygen atoms in total. The zero-order chi connectivity index (χ0) is 15.9. The Bertz CT molecular complexity index is 614. The highest BCUT2D eigenvalue weighted by molar-refractivity contribution is 7.55. The van der Waals surface area contributed by atoms with Crippen LogP contribution in [0.3, 0.4) is 0 Å². The molecule has 0 aromatic heterocycles. The Morgan fingerprint density at radius 3 is 2.55 bits per heavy atom. The number of methoxy groups -OCH3 is 1. The molecular formula is C18H24NO2P. The Morgan fingerprint density at radius 1 is 1.05 bits per heavy atom. The molecule has 1 unspecified atom stereocenters. The van der Waals surface area contributed by atoms with Crippen LogP contribution in [0.5, 0.6) is 5.75 Å². The second-order valence-corrected chi connectivity index (χ2v) is 6.90. The molecule has 118 valence electrons. The summed E-state index contributed by atoms with van der Waals surface area (Å²) in [7, 11) is 6.41. The Morgan fingerprint density at radius 2 is 1.82 bits per heavy atom. The lowest BCUT2D eigenvalue weighted by Gasteiger charge is -2.16. The van der Waals surface area contributed by atoms with E-state index < -0.39 is 0 Å². The molecule has 0 aliphatic rings. The smallest absolute Gasteiger partial charge is 0.188 e. The molecule has 0 aliphatic heterocycles. The van der Waals surface area contributed by atoms with Gasteiger partial charge in [-0.3, -0.25) is 0 Å². The lowest BCUT2D eigenvalue weighted by Crippen LogP contribution is -2.18. The summed E-state index contributed by atoms with van der Waals surface area (Å²) in [5, 5.41) is 2.59. The molecule has 22 heavy (non-hydrogen) atoms. The van der Waals surface area contributed by atoms with Crippen molar-refractivity contribution in [2.45, 2.75) is 13.5 Å². The standard InChI is InChI=1S/C18H24NO2P/c1-14-9-10-16(21-13-20-4)18(11-14)22-17-8-6-5-7-15(17)12-19(2)3/h5-11,22H,12-13H2,1-4H3. The van der Waals surface area contributed by atoms with Crippen LogP contribution in [0.1, 0.15) is 11.1 Å². The SMILES string of the molecule is COCOc1ccc(C)cc1Pc1ccccc1CN(C)C. The number of rotatable bonds is 7. The quantitative estimate of drug-likeness (QED) is 0.579. The highest BCUT2D eigenvalue weighted by Gasteiger charge is 2.09. The van der Waals surface area contributed by atoms with Crippen molar-refractivity contribution in [1.29, 1.82) is 0 Å². The van der Waals surface area contributed by atoms with E-state index in [2.05, 4.69) is 62.3 Å². The second kappa shape index (κ2) is 8.28. The van der Waals surface area contributed by atoms with Crippen LogP contribution >= 0.6 is 8.58 Å². The molecule has 0 N–H and O–H groups in total. The summed E-state index contributed by atoms with van der Waals surface area (Å²) >= 11 is 0. The van der Waals surface area contributed by atoms with Crippen molar-refractivity contribution < 1.29 is 9.47 Å². The van der Waals surface area contributed by atoms with Gasteiger partial charge in [-0.2, -0.15) is 0 Å². The number of hydrogen-bond acceptors (Lipinski definition) is 3. The summed E-state index contributed by atoms with van der Waals surface area (Å²) in [6.45, 7) is 3.34. The van der Waals surface area contributed by atoms with E-state index >= 15 is 0 Å². The summed E-state index contributed by atoms with van der Waals surface area (Å²) in [6.07, 6.45) is 0. The molecule has 2 aromatic rings. The predicted molar refractivity (Wildman–Crippen MR) is 95.1 cm³/mol. The van der Waals surface area contributed by atoms with Gasteiger partial charge in [-0.25, -0.2) is 0 Å². The van der Waals surface area contributed by atoms with Gasteiger partial charge in [0.05, 0.1) is 0 Å². The maximum Gasteiger partial charge on any atom is 0.188 e. The summed E-state index contributed by atoms with van der Waals surface area (Å²) < 4.78 is 10.7. The lowest BCUT2D eigenvalue weighted by atomic mass is 10.2. The van der Waals surface area contributed by atoms with E-state index in [0.29, 0.717) is 8.58 Å². The Kier molecular flexibility index (Phi) is 6.38. The van der Waals surface area contributed by atoms with Gasteiger partial charge in [0.15, 0.2) is 6.79 Å². The van der Waals surface area contributed by atoms with E-state index in [9.17, 15) is 0 Å². The van der Waals surface area contributed by atoms with Crippen molar-refractivity contribution in [1.82, 2.24) is 4.90 Å². The Labute approximate surface area is 135 Å². The van der Waals surface area contributed by atoms with E-state index in [1.165, 1.54) is 21.7 Å². The minimum absolute atomic E-state index is 0.278. The van der Waals surface area contributed by atoms with Crippen LogP contribution in [-0.4, -0.2) is 32.9 Å². The third kappa shape index (κ3) is 4.81. The summed E-state index contributed by atoms with van der Waals surface area (Å²) in [5.41, 5.74) is 2.61. The normalized spacial score (nSPS) is 11.5. The maximum atomic E-state index is 5.71. The number of nitrogens with zero attached hydrogens (tertiary/aromatic N) is 1. The van der Waals surface area contributed by atoms with Gasteiger partial charge in [0.25, 0.3) is 0 Å². The van der Waals surface area contributed by atoms with Crippen LogP contribution in [0.2, 0.25) is 0 Å². The molecule has 0 saturated heterocycles. The molecule has 4 heteroatoms. The molecule has 1 atom stereocenters. The minimum atomic E-state index is 0.278. The second-order valence-electron chi connectivity index (χ2n) is 5.57. The Balaban J connectivity index is 2.28. The van der Waals surface area contributed by atoms with E-state index in [1.807, 2.05) is 6.07 Å². The van der Waals surface area contributed by atoms with Crippen LogP contribution < -0.4 is 15.3 Å². The van der Waals surface area contributed by atoms with Crippen molar-refractivity contribution in [3.63, 3.8) is 0 Å². The Hall–Kier alpha value is -1.41. The first-order valence-corrected chi connectivity index (χ1v) is 8.32. The molecule has 0 radical (unpaired) electrons. The van der Waals surface area contributed by atoms with Gasteiger partial charge in [0, 0.05) is 19.0 Å². The highest BCUT2D eigenvalue weighted by Crippen LogP contribution is 2.22. The maximum absolute atomic E-state index is 5.71. The first-order chi connectivity index (χ1) is 10.6. The summed E-state index contributed by atoms with van der Waals surface area (Å²) in [4.78, 5) is 2.20. The van der Waals surface area contributed by atoms with Crippen LogP contribution in [0.15, 0.2) is 42.5 Å². The first kappa shape index (κ1) is 17.0. The van der Waals surface area contributed by atoms with Gasteiger partial charge < -0.3 is 14.4 Å². The van der Waals surface area contributed by atoms with Gasteiger partial charge in [-0.05, 0) is 44.0 Å². The first-order valence-electron chi connectivity index (χ1n) is 7.32. The predicted octanol–water partition coefficient (Wildman–Crippen LogP) is 2.67. The van der Waals surface area contributed by atoms with Crippen LogP contribution in [0.4, 0.5) is 0 Å². The molecule has 2 rings (SSSR count). The fourth-order valence-electron chi connectivity index (χ4n) is 2.26. The van der Waals surface area contributed by atoms with E-state index in [4.69, 9.17) is 9.47 Å². The fourth-order valence-corrected chi connectivity index (χ4v) is 3.63. The van der Waals surface area contributed by atoms with E-state index in [1.54, 1.807) is 7.11 Å². The van der Waals surface area contributed by atoms with Gasteiger partial charge in [0.2, 0.25) is 0 Å². The van der Waals surface area contributed by atoms with Crippen molar-refractivity contribution in [2.75, 3.05) is 28.0 Å². The van der Waals surface area contributed by atoms with Gasteiger partial charge in [0.1, 0.15) is 5.75 Å². The summed E-state index contributed by atoms with van der Waals surface area (Å²) in [6, 6.07) is 14.9. The topological polar surface area (TPSA) is 21.7 Å². The third-order valence-corrected chi connectivity index (χ3v) is 4.66. The van der Waals surface area contributed by atoms with Crippen molar-refractivity contribution in [3.05, 3.63) is 53.6 Å². The molecule has 0 heterocycles.